The number of carbonyl (C=O) groups is 1. The van der Waals surface area contributed by atoms with Gasteiger partial charge in [0.25, 0.3) is 0 Å². The average molecular weight is 484 g/mol. The lowest BCUT2D eigenvalue weighted by molar-refractivity contribution is 0.104. The van der Waals surface area contributed by atoms with Crippen molar-refractivity contribution in [1.82, 2.24) is 0 Å². The number of halogens is 2. The quantitative estimate of drug-likeness (QED) is 0.372. The molecule has 0 saturated heterocycles. The summed E-state index contributed by atoms with van der Waals surface area (Å²) in [4.78, 5) is 12.7. The lowest BCUT2D eigenvalue weighted by Crippen LogP contribution is -2.03. The molecule has 2 rings (SSSR count). The number of benzene rings is 2. The molecular formula is C20H20Br2O4. The first-order valence-electron chi connectivity index (χ1n) is 7.85. The van der Waals surface area contributed by atoms with Crippen molar-refractivity contribution in [3.05, 3.63) is 67.6 Å². The van der Waals surface area contributed by atoms with E-state index >= 15 is 0 Å². The minimum atomic E-state index is -0.0980. The normalized spacial score (nSPS) is 11.1. The van der Waals surface area contributed by atoms with Gasteiger partial charge in [-0.25, -0.2) is 0 Å². The fourth-order valence-corrected chi connectivity index (χ4v) is 3.59. The van der Waals surface area contributed by atoms with Crippen LogP contribution in [-0.4, -0.2) is 27.1 Å². The second-order valence-corrected chi connectivity index (χ2v) is 7.22. The van der Waals surface area contributed by atoms with E-state index in [-0.39, 0.29) is 5.78 Å². The Hall–Kier alpha value is -1.47. The Morgan fingerprint density at radius 2 is 1.77 bits per heavy atom. The maximum Gasteiger partial charge on any atom is 0.187 e. The van der Waals surface area contributed by atoms with Gasteiger partial charge in [0.05, 0.1) is 24.8 Å². The summed E-state index contributed by atoms with van der Waals surface area (Å²) in [6.07, 6.45) is 3.33. The van der Waals surface area contributed by atoms with E-state index in [1.807, 2.05) is 30.3 Å². The van der Waals surface area contributed by atoms with Crippen molar-refractivity contribution >= 4 is 43.7 Å². The van der Waals surface area contributed by atoms with Crippen LogP contribution in [0.15, 0.2) is 45.4 Å². The van der Waals surface area contributed by atoms with Crippen LogP contribution in [0.25, 0.3) is 6.08 Å². The van der Waals surface area contributed by atoms with Crippen LogP contribution in [0.1, 0.15) is 27.0 Å². The fourth-order valence-electron chi connectivity index (χ4n) is 2.49. The Kier molecular flexibility index (Phi) is 8.03. The van der Waals surface area contributed by atoms with Crippen LogP contribution in [0.4, 0.5) is 0 Å². The Bertz CT molecular complexity index is 816. The van der Waals surface area contributed by atoms with E-state index in [0.29, 0.717) is 18.8 Å². The van der Waals surface area contributed by atoms with E-state index in [0.717, 1.165) is 31.4 Å². The van der Waals surface area contributed by atoms with Gasteiger partial charge in [-0.3, -0.25) is 4.79 Å². The van der Waals surface area contributed by atoms with E-state index < -0.39 is 0 Å². The highest BCUT2D eigenvalue weighted by atomic mass is 79.9. The molecule has 6 heteroatoms. The fraction of sp³-hybridized carbons (Fsp3) is 0.250. The van der Waals surface area contributed by atoms with Gasteiger partial charge in [-0.1, -0.05) is 12.1 Å². The van der Waals surface area contributed by atoms with E-state index in [9.17, 15) is 4.79 Å². The molecule has 0 fully saturated rings. The first kappa shape index (κ1) is 20.8. The third-order valence-corrected chi connectivity index (χ3v) is 5.24. The zero-order chi connectivity index (χ0) is 19.1. The maximum atomic E-state index is 12.7. The number of rotatable bonds is 8. The third-order valence-electron chi connectivity index (χ3n) is 3.69. The SMILES string of the molecule is COCc1cc(COC)c(Br)c(C(=O)/C=C/c2ccc(OC)c(Br)c2)c1. The summed E-state index contributed by atoms with van der Waals surface area (Å²) in [5, 5.41) is 0. The van der Waals surface area contributed by atoms with Gasteiger partial charge < -0.3 is 14.2 Å². The molecule has 0 aromatic heterocycles. The van der Waals surface area contributed by atoms with Crippen LogP contribution in [0.3, 0.4) is 0 Å². The summed E-state index contributed by atoms with van der Waals surface area (Å²) in [5.74, 6) is 0.645. The van der Waals surface area contributed by atoms with Crippen molar-refractivity contribution in [1.29, 1.82) is 0 Å². The molecule has 26 heavy (non-hydrogen) atoms. The molecular weight excluding hydrogens is 464 g/mol. The molecule has 0 amide bonds. The molecule has 2 aromatic rings. The van der Waals surface area contributed by atoms with Crippen LogP contribution >= 0.6 is 31.9 Å². The minimum absolute atomic E-state index is 0.0980. The number of hydrogen-bond donors (Lipinski definition) is 0. The van der Waals surface area contributed by atoms with Crippen LogP contribution in [0.2, 0.25) is 0 Å². The van der Waals surface area contributed by atoms with Crippen LogP contribution < -0.4 is 4.74 Å². The number of carbonyl (C=O) groups excluding carboxylic acids is 1. The Morgan fingerprint density at radius 3 is 2.38 bits per heavy atom. The van der Waals surface area contributed by atoms with Crippen molar-refractivity contribution in [2.75, 3.05) is 21.3 Å². The number of methoxy groups -OCH3 is 3. The minimum Gasteiger partial charge on any atom is -0.496 e. The van der Waals surface area contributed by atoms with Crippen LogP contribution in [0, 0.1) is 0 Å². The van der Waals surface area contributed by atoms with E-state index in [2.05, 4.69) is 31.9 Å². The molecule has 0 radical (unpaired) electrons. The third kappa shape index (κ3) is 5.27. The molecule has 0 heterocycles. The van der Waals surface area contributed by atoms with Crippen LogP contribution in [-0.2, 0) is 22.7 Å². The molecule has 0 spiro atoms. The molecule has 0 saturated carbocycles. The summed E-state index contributed by atoms with van der Waals surface area (Å²) in [7, 11) is 4.86. The monoisotopic (exact) mass is 482 g/mol. The van der Waals surface area contributed by atoms with Gasteiger partial charge >= 0.3 is 0 Å². The van der Waals surface area contributed by atoms with Gasteiger partial charge in [-0.2, -0.15) is 0 Å². The molecule has 0 bridgehead atoms. The van der Waals surface area contributed by atoms with Gasteiger partial charge in [0.1, 0.15) is 5.75 Å². The molecule has 138 valence electrons. The standard InChI is InChI=1S/C20H20Br2O4/c1-24-11-14-8-15(12-25-2)20(22)16(9-14)18(23)6-4-13-5-7-19(26-3)17(21)10-13/h4-10H,11-12H2,1-3H3/b6-4+. The van der Waals surface area contributed by atoms with Gasteiger partial charge in [0.2, 0.25) is 0 Å². The van der Waals surface area contributed by atoms with E-state index in [1.54, 1.807) is 33.5 Å². The predicted molar refractivity (Wildman–Crippen MR) is 110 cm³/mol. The number of ketones is 1. The lowest BCUT2D eigenvalue weighted by atomic mass is 10.0. The second kappa shape index (κ2) is 10.0. The topological polar surface area (TPSA) is 44.8 Å². The Morgan fingerprint density at radius 1 is 1.04 bits per heavy atom. The summed E-state index contributed by atoms with van der Waals surface area (Å²) >= 11 is 6.97. The first-order valence-corrected chi connectivity index (χ1v) is 9.43. The second-order valence-electron chi connectivity index (χ2n) is 5.57. The molecule has 0 aliphatic carbocycles. The molecule has 0 N–H and O–H groups in total. The highest BCUT2D eigenvalue weighted by Gasteiger charge is 2.13. The molecule has 0 unspecified atom stereocenters. The molecule has 0 atom stereocenters. The molecule has 2 aromatic carbocycles. The van der Waals surface area contributed by atoms with Gasteiger partial charge in [0, 0.05) is 24.3 Å². The summed E-state index contributed by atoms with van der Waals surface area (Å²) in [6, 6.07) is 9.44. The maximum absolute atomic E-state index is 12.7. The van der Waals surface area contributed by atoms with Gasteiger partial charge in [-0.15, -0.1) is 0 Å². The van der Waals surface area contributed by atoms with E-state index in [1.165, 1.54) is 0 Å². The Balaban J connectivity index is 2.31. The largest absolute Gasteiger partial charge is 0.496 e. The molecule has 0 aliphatic heterocycles. The number of allylic oxidation sites excluding steroid dienone is 1. The van der Waals surface area contributed by atoms with Crippen molar-refractivity contribution < 1.29 is 19.0 Å². The smallest absolute Gasteiger partial charge is 0.187 e. The van der Waals surface area contributed by atoms with Gasteiger partial charge in [-0.05, 0) is 78.9 Å². The highest BCUT2D eigenvalue weighted by molar-refractivity contribution is 9.11. The zero-order valence-corrected chi connectivity index (χ0v) is 18.0. The zero-order valence-electron chi connectivity index (χ0n) is 14.8. The lowest BCUT2D eigenvalue weighted by Gasteiger charge is -2.11. The van der Waals surface area contributed by atoms with Crippen molar-refractivity contribution in [2.45, 2.75) is 13.2 Å². The average Bonchev–Trinajstić information content (AvgIpc) is 2.62. The first-order chi connectivity index (χ1) is 12.5. The molecule has 4 nitrogen and oxygen atoms in total. The number of hydrogen-bond acceptors (Lipinski definition) is 4. The van der Waals surface area contributed by atoms with E-state index in [4.69, 9.17) is 14.2 Å². The summed E-state index contributed by atoms with van der Waals surface area (Å²) in [6.45, 7) is 0.840. The summed E-state index contributed by atoms with van der Waals surface area (Å²) in [5.41, 5.74) is 3.31. The molecule has 0 aliphatic rings. The van der Waals surface area contributed by atoms with Crippen molar-refractivity contribution in [3.63, 3.8) is 0 Å². The van der Waals surface area contributed by atoms with Crippen LogP contribution in [0.5, 0.6) is 5.75 Å². The predicted octanol–water partition coefficient (Wildman–Crippen LogP) is 5.41. The van der Waals surface area contributed by atoms with Gasteiger partial charge in [0.15, 0.2) is 5.78 Å². The van der Waals surface area contributed by atoms with Crippen molar-refractivity contribution in [2.24, 2.45) is 0 Å². The summed E-state index contributed by atoms with van der Waals surface area (Å²) < 4.78 is 17.2. The highest BCUT2D eigenvalue weighted by Crippen LogP contribution is 2.28. The number of ether oxygens (including phenoxy) is 3. The van der Waals surface area contributed by atoms with Crippen molar-refractivity contribution in [3.8, 4) is 5.75 Å². The Labute approximate surface area is 170 Å².